The molecule has 0 unspecified atom stereocenters. The Bertz CT molecular complexity index is 460. The van der Waals surface area contributed by atoms with Crippen LogP contribution in [0.25, 0.3) is 10.1 Å². The van der Waals surface area contributed by atoms with Crippen LogP contribution in [0.3, 0.4) is 0 Å². The summed E-state index contributed by atoms with van der Waals surface area (Å²) >= 11 is 7.22. The number of hydrogen-bond donors (Lipinski definition) is 0. The van der Waals surface area contributed by atoms with E-state index < -0.39 is 0 Å². The van der Waals surface area contributed by atoms with Crippen molar-refractivity contribution in [2.75, 3.05) is 6.26 Å². The van der Waals surface area contributed by atoms with Crippen LogP contribution in [0.1, 0.15) is 11.1 Å². The van der Waals surface area contributed by atoms with Crippen LogP contribution in [0.15, 0.2) is 22.4 Å². The van der Waals surface area contributed by atoms with E-state index in [2.05, 4.69) is 46.6 Å². The molecule has 2 rings (SSSR count). The zero-order chi connectivity index (χ0) is 10.1. The monoisotopic (exact) mass is 286 g/mol. The maximum absolute atomic E-state index is 3.54. The Morgan fingerprint density at radius 1 is 1.50 bits per heavy atom. The number of thioether (sulfide) groups is 1. The van der Waals surface area contributed by atoms with E-state index in [-0.39, 0.29) is 0 Å². The Hall–Kier alpha value is 0.01000. The number of hydrogen-bond acceptors (Lipinski definition) is 2. The Morgan fingerprint density at radius 2 is 2.29 bits per heavy atom. The molecule has 0 fully saturated rings. The van der Waals surface area contributed by atoms with Crippen molar-refractivity contribution >= 4 is 49.1 Å². The Labute approximate surface area is 101 Å². The van der Waals surface area contributed by atoms with E-state index >= 15 is 0 Å². The van der Waals surface area contributed by atoms with E-state index in [1.54, 1.807) is 0 Å². The van der Waals surface area contributed by atoms with Crippen LogP contribution < -0.4 is 0 Å². The average molecular weight is 287 g/mol. The quantitative estimate of drug-likeness (QED) is 0.563. The molecule has 0 spiro atoms. The summed E-state index contributed by atoms with van der Waals surface area (Å²) < 4.78 is 1.43. The highest BCUT2D eigenvalue weighted by Crippen LogP contribution is 2.36. The molecule has 0 bridgehead atoms. The molecule has 0 saturated carbocycles. The van der Waals surface area contributed by atoms with Crippen LogP contribution in [0.5, 0.6) is 0 Å². The molecule has 14 heavy (non-hydrogen) atoms. The molecule has 0 N–H and O–H groups in total. The van der Waals surface area contributed by atoms with E-state index in [9.17, 15) is 0 Å². The molecule has 0 saturated heterocycles. The topological polar surface area (TPSA) is 0 Å². The van der Waals surface area contributed by atoms with Crippen molar-refractivity contribution in [1.29, 1.82) is 0 Å². The Kier molecular flexibility index (Phi) is 3.20. The van der Waals surface area contributed by atoms with Gasteiger partial charge in [-0.25, -0.2) is 0 Å². The van der Waals surface area contributed by atoms with Gasteiger partial charge in [-0.05, 0) is 47.2 Å². The molecule has 0 aliphatic carbocycles. The molecule has 3 heteroatoms. The normalized spacial score (nSPS) is 11.1. The fourth-order valence-corrected chi connectivity index (χ4v) is 4.21. The lowest BCUT2D eigenvalue weighted by molar-refractivity contribution is 1.26. The van der Waals surface area contributed by atoms with Crippen molar-refractivity contribution in [3.05, 3.63) is 28.6 Å². The first kappa shape index (κ1) is 10.5. The van der Waals surface area contributed by atoms with Crippen molar-refractivity contribution in [1.82, 2.24) is 0 Å². The van der Waals surface area contributed by atoms with Crippen molar-refractivity contribution in [3.63, 3.8) is 0 Å². The van der Waals surface area contributed by atoms with Gasteiger partial charge in [0.25, 0.3) is 0 Å². The van der Waals surface area contributed by atoms with Gasteiger partial charge in [-0.1, -0.05) is 15.9 Å². The van der Waals surface area contributed by atoms with Crippen molar-refractivity contribution in [2.24, 2.45) is 0 Å². The minimum atomic E-state index is 0.943. The van der Waals surface area contributed by atoms with Gasteiger partial charge < -0.3 is 0 Å². The highest BCUT2D eigenvalue weighted by atomic mass is 79.9. The maximum Gasteiger partial charge on any atom is 0.0481 e. The number of alkyl halides is 1. The number of halogens is 1. The third-order valence-electron chi connectivity index (χ3n) is 2.40. The molecular formula is C11H11BrS2. The molecule has 1 aromatic heterocycles. The van der Waals surface area contributed by atoms with Gasteiger partial charge in [-0.3, -0.25) is 0 Å². The molecule has 0 amide bonds. The summed E-state index contributed by atoms with van der Waals surface area (Å²) in [6, 6.07) is 4.49. The summed E-state index contributed by atoms with van der Waals surface area (Å²) in [6.45, 7) is 2.21. The summed E-state index contributed by atoms with van der Waals surface area (Å²) in [6.07, 6.45) is 2.15. The largest absolute Gasteiger partial charge is 0.143 e. The van der Waals surface area contributed by atoms with Gasteiger partial charge in [0.2, 0.25) is 0 Å². The summed E-state index contributed by atoms with van der Waals surface area (Å²) in [7, 11) is 0. The molecule has 0 aliphatic heterocycles. The number of benzene rings is 1. The predicted molar refractivity (Wildman–Crippen MR) is 71.0 cm³/mol. The van der Waals surface area contributed by atoms with Crippen LogP contribution in [0, 0.1) is 6.92 Å². The van der Waals surface area contributed by atoms with E-state index in [0.717, 1.165) is 5.33 Å². The zero-order valence-corrected chi connectivity index (χ0v) is 11.4. The first-order valence-electron chi connectivity index (χ1n) is 4.37. The second kappa shape index (κ2) is 4.25. The molecule has 0 nitrogen and oxygen atoms in total. The minimum Gasteiger partial charge on any atom is -0.143 e. The summed E-state index contributed by atoms with van der Waals surface area (Å²) in [5.41, 5.74) is 2.82. The first-order chi connectivity index (χ1) is 6.77. The van der Waals surface area contributed by atoms with Crippen LogP contribution in [0.2, 0.25) is 0 Å². The second-order valence-electron chi connectivity index (χ2n) is 3.17. The standard InChI is InChI=1S/C11H11BrS2/c1-7-9(6-12)5-8-3-4-14-11(8)10(7)13-2/h3-5H,6H2,1-2H3. The van der Waals surface area contributed by atoms with Gasteiger partial charge in [0.1, 0.15) is 0 Å². The lowest BCUT2D eigenvalue weighted by Crippen LogP contribution is -1.87. The number of thiophene rings is 1. The zero-order valence-electron chi connectivity index (χ0n) is 8.13. The van der Waals surface area contributed by atoms with Gasteiger partial charge in [0.15, 0.2) is 0 Å². The second-order valence-corrected chi connectivity index (χ2v) is 5.46. The minimum absolute atomic E-state index is 0.943. The first-order valence-corrected chi connectivity index (χ1v) is 7.60. The molecule has 0 radical (unpaired) electrons. The summed E-state index contributed by atoms with van der Waals surface area (Å²) in [4.78, 5) is 1.44. The van der Waals surface area contributed by atoms with Crippen molar-refractivity contribution in [2.45, 2.75) is 17.1 Å². The molecule has 0 aliphatic rings. The van der Waals surface area contributed by atoms with Gasteiger partial charge in [0.05, 0.1) is 0 Å². The van der Waals surface area contributed by atoms with E-state index in [1.165, 1.54) is 26.1 Å². The van der Waals surface area contributed by atoms with Crippen LogP contribution >= 0.6 is 39.0 Å². The highest BCUT2D eigenvalue weighted by Gasteiger charge is 2.09. The lowest BCUT2D eigenvalue weighted by atomic mass is 10.1. The highest BCUT2D eigenvalue weighted by molar-refractivity contribution is 9.08. The van der Waals surface area contributed by atoms with Gasteiger partial charge in [-0.15, -0.1) is 23.1 Å². The fourth-order valence-electron chi connectivity index (χ4n) is 1.61. The molecular weight excluding hydrogens is 276 g/mol. The Morgan fingerprint density at radius 3 is 2.93 bits per heavy atom. The van der Waals surface area contributed by atoms with Crippen molar-refractivity contribution in [3.8, 4) is 0 Å². The van der Waals surface area contributed by atoms with Gasteiger partial charge in [0, 0.05) is 14.9 Å². The maximum atomic E-state index is 3.54. The van der Waals surface area contributed by atoms with Gasteiger partial charge in [-0.2, -0.15) is 0 Å². The molecule has 74 valence electrons. The van der Waals surface area contributed by atoms with Crippen molar-refractivity contribution < 1.29 is 0 Å². The fraction of sp³-hybridized carbons (Fsp3) is 0.273. The summed E-state index contributed by atoms with van der Waals surface area (Å²) in [5.74, 6) is 0. The Balaban J connectivity index is 2.80. The van der Waals surface area contributed by atoms with Gasteiger partial charge >= 0.3 is 0 Å². The molecule has 1 aromatic carbocycles. The lowest BCUT2D eigenvalue weighted by Gasteiger charge is -2.08. The number of fused-ring (bicyclic) bond motifs is 1. The third-order valence-corrected chi connectivity index (χ3v) is 5.00. The van der Waals surface area contributed by atoms with Crippen LogP contribution in [-0.4, -0.2) is 6.26 Å². The summed E-state index contributed by atoms with van der Waals surface area (Å²) in [5, 5.41) is 4.49. The molecule has 1 heterocycles. The molecule has 0 atom stereocenters. The smallest absolute Gasteiger partial charge is 0.0481 e. The van der Waals surface area contributed by atoms with E-state index in [1.807, 2.05) is 23.1 Å². The van der Waals surface area contributed by atoms with Crippen LogP contribution in [-0.2, 0) is 5.33 Å². The SMILES string of the molecule is CSc1c(C)c(CBr)cc2ccsc12. The molecule has 2 aromatic rings. The van der Waals surface area contributed by atoms with E-state index in [4.69, 9.17) is 0 Å². The predicted octanol–water partition coefficient (Wildman–Crippen LogP) is 4.83. The number of rotatable bonds is 2. The van der Waals surface area contributed by atoms with E-state index in [0.29, 0.717) is 0 Å². The average Bonchev–Trinajstić information content (AvgIpc) is 2.64. The van der Waals surface area contributed by atoms with Crippen LogP contribution in [0.4, 0.5) is 0 Å². The third kappa shape index (κ3) is 1.62.